The van der Waals surface area contributed by atoms with Crippen LogP contribution >= 0.6 is 0 Å². The maximum Gasteiger partial charge on any atom is 0.264 e. The second-order valence-corrected chi connectivity index (χ2v) is 5.91. The average molecular weight is 318 g/mol. The summed E-state index contributed by atoms with van der Waals surface area (Å²) in [6, 6.07) is 13.5. The molecule has 0 N–H and O–H groups in total. The monoisotopic (exact) mass is 318 g/mol. The van der Waals surface area contributed by atoms with Gasteiger partial charge in [-0.25, -0.2) is 9.67 Å². The molecule has 1 atom stereocenters. The number of fused-ring (bicyclic) bond motifs is 2. The van der Waals surface area contributed by atoms with Gasteiger partial charge in [0.05, 0.1) is 24.1 Å². The zero-order valence-corrected chi connectivity index (χ0v) is 12.8. The topological polar surface area (TPSA) is 65.8 Å². The van der Waals surface area contributed by atoms with Crippen LogP contribution in [0.3, 0.4) is 0 Å². The van der Waals surface area contributed by atoms with Crippen molar-refractivity contribution in [2.45, 2.75) is 18.9 Å². The second kappa shape index (κ2) is 4.92. The Morgan fingerprint density at radius 3 is 2.79 bits per heavy atom. The molecule has 4 heterocycles. The maximum absolute atomic E-state index is 12.8. The summed E-state index contributed by atoms with van der Waals surface area (Å²) in [6.07, 6.45) is 4.08. The lowest BCUT2D eigenvalue weighted by molar-refractivity contribution is 0.481. The Hall–Kier alpha value is -3.15. The molecule has 118 valence electrons. The molecule has 1 unspecified atom stereocenters. The van der Waals surface area contributed by atoms with Gasteiger partial charge in [0, 0.05) is 6.54 Å². The van der Waals surface area contributed by atoms with E-state index >= 15 is 0 Å². The van der Waals surface area contributed by atoms with Crippen LogP contribution in [0.25, 0.3) is 16.7 Å². The molecule has 0 saturated heterocycles. The molecule has 1 aromatic carbocycles. The van der Waals surface area contributed by atoms with Crippen LogP contribution in [-0.4, -0.2) is 19.3 Å². The van der Waals surface area contributed by atoms with E-state index in [1.807, 2.05) is 42.5 Å². The third-order valence-electron chi connectivity index (χ3n) is 4.56. The van der Waals surface area contributed by atoms with Gasteiger partial charge in [-0.3, -0.25) is 9.36 Å². The standard InChI is InChI=1S/C18H14N4O2/c23-18-14-11-19-22(12-5-2-1-3-6-12)17(14)20-16-13(8-9-21(16)18)15-7-4-10-24-15/h1-7,10-11,13H,8-9H2. The quantitative estimate of drug-likeness (QED) is 0.570. The van der Waals surface area contributed by atoms with Gasteiger partial charge < -0.3 is 4.42 Å². The lowest BCUT2D eigenvalue weighted by Crippen LogP contribution is -2.21. The molecule has 0 radical (unpaired) electrons. The summed E-state index contributed by atoms with van der Waals surface area (Å²) in [4.78, 5) is 17.6. The zero-order chi connectivity index (χ0) is 16.1. The van der Waals surface area contributed by atoms with Crippen molar-refractivity contribution in [3.63, 3.8) is 0 Å². The van der Waals surface area contributed by atoms with Gasteiger partial charge in [-0.05, 0) is 30.7 Å². The number of hydrogen-bond donors (Lipinski definition) is 0. The minimum atomic E-state index is -0.0359. The summed E-state index contributed by atoms with van der Waals surface area (Å²) in [5, 5.41) is 4.92. The fourth-order valence-corrected chi connectivity index (χ4v) is 3.41. The molecule has 0 aliphatic carbocycles. The molecule has 5 rings (SSSR count). The van der Waals surface area contributed by atoms with Gasteiger partial charge in [-0.2, -0.15) is 5.10 Å². The summed E-state index contributed by atoms with van der Waals surface area (Å²) < 4.78 is 9.00. The third kappa shape index (κ3) is 1.79. The van der Waals surface area contributed by atoms with Gasteiger partial charge in [0.25, 0.3) is 5.56 Å². The summed E-state index contributed by atoms with van der Waals surface area (Å²) >= 11 is 0. The van der Waals surface area contributed by atoms with Gasteiger partial charge in [0.15, 0.2) is 5.65 Å². The molecule has 4 aromatic rings. The van der Waals surface area contributed by atoms with Crippen molar-refractivity contribution in [1.29, 1.82) is 0 Å². The Morgan fingerprint density at radius 1 is 1.12 bits per heavy atom. The molecule has 0 spiro atoms. The zero-order valence-electron chi connectivity index (χ0n) is 12.8. The van der Waals surface area contributed by atoms with Crippen molar-refractivity contribution in [3.8, 4) is 5.69 Å². The second-order valence-electron chi connectivity index (χ2n) is 5.91. The highest BCUT2D eigenvalue weighted by Gasteiger charge is 2.30. The molecule has 3 aromatic heterocycles. The van der Waals surface area contributed by atoms with E-state index in [1.165, 1.54) is 0 Å². The molecule has 1 aliphatic rings. The van der Waals surface area contributed by atoms with E-state index in [0.717, 1.165) is 23.7 Å². The van der Waals surface area contributed by atoms with Gasteiger partial charge in [-0.15, -0.1) is 0 Å². The SMILES string of the molecule is O=c1c2cnn(-c3ccccc3)c2nc2n1CCC2c1ccco1. The highest BCUT2D eigenvalue weighted by Crippen LogP contribution is 2.32. The first-order chi connectivity index (χ1) is 11.8. The number of rotatable bonds is 2. The van der Waals surface area contributed by atoms with Crippen LogP contribution in [0.1, 0.15) is 23.9 Å². The minimum Gasteiger partial charge on any atom is -0.469 e. The summed E-state index contributed by atoms with van der Waals surface area (Å²) in [6.45, 7) is 0.652. The van der Waals surface area contributed by atoms with Crippen LogP contribution < -0.4 is 5.56 Å². The molecule has 0 fully saturated rings. The summed E-state index contributed by atoms with van der Waals surface area (Å²) in [5.41, 5.74) is 1.44. The Bertz CT molecular complexity index is 1080. The van der Waals surface area contributed by atoms with Crippen molar-refractivity contribution < 1.29 is 4.42 Å². The number of furan rings is 1. The Labute approximate surface area is 137 Å². The maximum atomic E-state index is 12.8. The largest absolute Gasteiger partial charge is 0.469 e. The van der Waals surface area contributed by atoms with Crippen molar-refractivity contribution in [2.24, 2.45) is 0 Å². The Morgan fingerprint density at radius 2 is 2.00 bits per heavy atom. The molecule has 0 bridgehead atoms. The van der Waals surface area contributed by atoms with Gasteiger partial charge >= 0.3 is 0 Å². The van der Waals surface area contributed by atoms with E-state index in [-0.39, 0.29) is 11.5 Å². The molecular formula is C18H14N4O2. The van der Waals surface area contributed by atoms with E-state index in [9.17, 15) is 4.79 Å². The first-order valence-electron chi connectivity index (χ1n) is 7.90. The smallest absolute Gasteiger partial charge is 0.264 e. The third-order valence-corrected chi connectivity index (χ3v) is 4.56. The molecule has 0 saturated carbocycles. The molecule has 6 heteroatoms. The highest BCUT2D eigenvalue weighted by atomic mass is 16.3. The predicted octanol–water partition coefficient (Wildman–Crippen LogP) is 2.71. The number of nitrogens with zero attached hydrogens (tertiary/aromatic N) is 4. The van der Waals surface area contributed by atoms with Crippen LogP contribution in [0.2, 0.25) is 0 Å². The molecular weight excluding hydrogens is 304 g/mol. The normalized spacial score (nSPS) is 16.6. The summed E-state index contributed by atoms with van der Waals surface area (Å²) in [7, 11) is 0. The Balaban J connectivity index is 1.76. The van der Waals surface area contributed by atoms with E-state index < -0.39 is 0 Å². The van der Waals surface area contributed by atoms with E-state index in [1.54, 1.807) is 21.7 Å². The Kier molecular flexibility index (Phi) is 2.73. The van der Waals surface area contributed by atoms with E-state index in [2.05, 4.69) is 5.10 Å². The lowest BCUT2D eigenvalue weighted by Gasteiger charge is -2.09. The van der Waals surface area contributed by atoms with Gasteiger partial charge in [0.1, 0.15) is 17.0 Å². The van der Waals surface area contributed by atoms with Crippen LogP contribution in [0.15, 0.2) is 64.1 Å². The predicted molar refractivity (Wildman–Crippen MR) is 88.3 cm³/mol. The van der Waals surface area contributed by atoms with Gasteiger partial charge in [0.2, 0.25) is 0 Å². The van der Waals surface area contributed by atoms with Crippen molar-refractivity contribution in [3.05, 3.63) is 76.9 Å². The minimum absolute atomic E-state index is 0.0104. The van der Waals surface area contributed by atoms with E-state index in [4.69, 9.17) is 9.40 Å². The number of aromatic nitrogens is 4. The van der Waals surface area contributed by atoms with Crippen molar-refractivity contribution >= 4 is 11.0 Å². The fourth-order valence-electron chi connectivity index (χ4n) is 3.41. The fraction of sp³-hybridized carbons (Fsp3) is 0.167. The molecule has 6 nitrogen and oxygen atoms in total. The molecule has 0 amide bonds. The van der Waals surface area contributed by atoms with Crippen LogP contribution in [0.4, 0.5) is 0 Å². The van der Waals surface area contributed by atoms with E-state index in [0.29, 0.717) is 17.6 Å². The number of hydrogen-bond acceptors (Lipinski definition) is 4. The first kappa shape index (κ1) is 13.3. The lowest BCUT2D eigenvalue weighted by atomic mass is 10.1. The van der Waals surface area contributed by atoms with Crippen molar-refractivity contribution in [2.75, 3.05) is 0 Å². The molecule has 24 heavy (non-hydrogen) atoms. The van der Waals surface area contributed by atoms with Crippen LogP contribution in [0, 0.1) is 0 Å². The average Bonchev–Trinajstić information content (AvgIpc) is 3.35. The number of para-hydroxylation sites is 1. The van der Waals surface area contributed by atoms with Crippen LogP contribution in [-0.2, 0) is 6.54 Å². The summed E-state index contributed by atoms with van der Waals surface area (Å²) in [5.74, 6) is 1.61. The van der Waals surface area contributed by atoms with Crippen molar-refractivity contribution in [1.82, 2.24) is 19.3 Å². The highest BCUT2D eigenvalue weighted by molar-refractivity contribution is 5.75. The number of benzene rings is 1. The van der Waals surface area contributed by atoms with Gasteiger partial charge in [-0.1, -0.05) is 18.2 Å². The first-order valence-corrected chi connectivity index (χ1v) is 7.90. The molecule has 1 aliphatic heterocycles. The van der Waals surface area contributed by atoms with Crippen LogP contribution in [0.5, 0.6) is 0 Å².